The number of benzene rings is 2. The summed E-state index contributed by atoms with van der Waals surface area (Å²) in [5.74, 6) is -2.77. The minimum atomic E-state index is -1.66. The molecule has 0 spiro atoms. The maximum absolute atomic E-state index is 13.7. The molecule has 0 fully saturated rings. The number of hydrogen-bond donors (Lipinski definition) is 1. The Hall–Kier alpha value is -1.52. The molecule has 0 radical (unpaired) electrons. The zero-order chi connectivity index (χ0) is 14.9. The van der Waals surface area contributed by atoms with E-state index in [2.05, 4.69) is 0 Å². The van der Waals surface area contributed by atoms with E-state index < -0.39 is 23.1 Å². The molecule has 1 atom stereocenters. The second-order valence-corrected chi connectivity index (χ2v) is 5.21. The Morgan fingerprint density at radius 2 is 1.80 bits per heavy atom. The summed E-state index contributed by atoms with van der Waals surface area (Å²) in [6.45, 7) is 1.34. The molecule has 2 rings (SSSR count). The van der Waals surface area contributed by atoms with Crippen molar-refractivity contribution in [1.82, 2.24) is 0 Å². The highest BCUT2D eigenvalue weighted by molar-refractivity contribution is 6.30. The molecule has 0 bridgehead atoms. The molecule has 5 heteroatoms. The highest BCUT2D eigenvalue weighted by atomic mass is 35.5. The fraction of sp³-hybridized carbons (Fsp3) is 0.200. The molecule has 0 heterocycles. The van der Waals surface area contributed by atoms with Crippen molar-refractivity contribution in [2.75, 3.05) is 0 Å². The van der Waals surface area contributed by atoms with Crippen molar-refractivity contribution in [2.24, 2.45) is 0 Å². The largest absolute Gasteiger partial charge is 0.385 e. The van der Waals surface area contributed by atoms with Crippen molar-refractivity contribution < 1.29 is 18.3 Å². The molecule has 0 aliphatic rings. The minimum Gasteiger partial charge on any atom is -0.385 e. The van der Waals surface area contributed by atoms with E-state index in [9.17, 15) is 18.3 Å². The standard InChI is InChI=1S/C15H12ClF3O/c1-15(20,10-3-2-4-12(17)14(10)19)8-9-5-6-11(16)13(18)7-9/h2-7,20H,8H2,1H3. The van der Waals surface area contributed by atoms with Crippen molar-refractivity contribution in [2.45, 2.75) is 18.9 Å². The first-order valence-corrected chi connectivity index (χ1v) is 6.30. The summed E-state index contributed by atoms with van der Waals surface area (Å²) in [6.07, 6.45) is -0.0680. The van der Waals surface area contributed by atoms with E-state index in [0.29, 0.717) is 5.56 Å². The summed E-state index contributed by atoms with van der Waals surface area (Å²) in [7, 11) is 0. The van der Waals surface area contributed by atoms with Gasteiger partial charge in [0.15, 0.2) is 11.6 Å². The Labute approximate surface area is 119 Å². The van der Waals surface area contributed by atoms with Crippen molar-refractivity contribution >= 4 is 11.6 Å². The van der Waals surface area contributed by atoms with Gasteiger partial charge in [0.25, 0.3) is 0 Å². The van der Waals surface area contributed by atoms with Crippen molar-refractivity contribution in [3.8, 4) is 0 Å². The van der Waals surface area contributed by atoms with Gasteiger partial charge in [0, 0.05) is 12.0 Å². The van der Waals surface area contributed by atoms with E-state index in [-0.39, 0.29) is 17.0 Å². The maximum atomic E-state index is 13.7. The van der Waals surface area contributed by atoms with Gasteiger partial charge in [0.2, 0.25) is 0 Å². The molecule has 0 aliphatic carbocycles. The van der Waals surface area contributed by atoms with E-state index in [0.717, 1.165) is 12.1 Å². The molecule has 2 aromatic rings. The first-order chi connectivity index (χ1) is 9.31. The lowest BCUT2D eigenvalue weighted by Gasteiger charge is -2.24. The van der Waals surface area contributed by atoms with Gasteiger partial charge in [-0.1, -0.05) is 29.8 Å². The third-order valence-corrected chi connectivity index (χ3v) is 3.37. The SMILES string of the molecule is CC(O)(Cc1ccc(Cl)c(F)c1)c1cccc(F)c1F. The fourth-order valence-corrected chi connectivity index (χ4v) is 2.18. The second-order valence-electron chi connectivity index (χ2n) is 4.80. The summed E-state index contributed by atoms with van der Waals surface area (Å²) < 4.78 is 40.3. The van der Waals surface area contributed by atoms with Crippen LogP contribution in [-0.4, -0.2) is 5.11 Å². The Bertz CT molecular complexity index is 641. The molecule has 20 heavy (non-hydrogen) atoms. The van der Waals surface area contributed by atoms with Gasteiger partial charge in [-0.15, -0.1) is 0 Å². The van der Waals surface area contributed by atoms with Crippen molar-refractivity contribution in [3.63, 3.8) is 0 Å². The Morgan fingerprint density at radius 3 is 2.45 bits per heavy atom. The number of aliphatic hydroxyl groups is 1. The first-order valence-electron chi connectivity index (χ1n) is 5.92. The maximum Gasteiger partial charge on any atom is 0.164 e. The lowest BCUT2D eigenvalue weighted by atomic mass is 9.88. The molecule has 1 N–H and O–H groups in total. The van der Waals surface area contributed by atoms with E-state index in [1.54, 1.807) is 0 Å². The van der Waals surface area contributed by atoms with Gasteiger partial charge in [-0.2, -0.15) is 0 Å². The van der Waals surface area contributed by atoms with Crippen LogP contribution in [0.4, 0.5) is 13.2 Å². The first kappa shape index (κ1) is 14.9. The van der Waals surface area contributed by atoms with Crippen LogP contribution in [0.25, 0.3) is 0 Å². The molecule has 0 saturated carbocycles. The van der Waals surface area contributed by atoms with Crippen LogP contribution in [0.5, 0.6) is 0 Å². The predicted molar refractivity (Wildman–Crippen MR) is 71.0 cm³/mol. The minimum absolute atomic E-state index is 0.0367. The van der Waals surface area contributed by atoms with Crippen molar-refractivity contribution in [1.29, 1.82) is 0 Å². The lowest BCUT2D eigenvalue weighted by molar-refractivity contribution is 0.0530. The molecule has 0 aliphatic heterocycles. The van der Waals surface area contributed by atoms with Gasteiger partial charge in [-0.25, -0.2) is 13.2 Å². The van der Waals surface area contributed by atoms with Crippen LogP contribution in [0.15, 0.2) is 36.4 Å². The van der Waals surface area contributed by atoms with Crippen LogP contribution in [0.1, 0.15) is 18.1 Å². The van der Waals surface area contributed by atoms with Gasteiger partial charge in [0.1, 0.15) is 5.82 Å². The van der Waals surface area contributed by atoms with E-state index in [4.69, 9.17) is 11.6 Å². The van der Waals surface area contributed by atoms with Gasteiger partial charge in [0.05, 0.1) is 10.6 Å². The molecule has 0 amide bonds. The molecular weight excluding hydrogens is 289 g/mol. The number of hydrogen-bond acceptors (Lipinski definition) is 1. The summed E-state index contributed by atoms with van der Waals surface area (Å²) in [4.78, 5) is 0. The summed E-state index contributed by atoms with van der Waals surface area (Å²) >= 11 is 5.57. The monoisotopic (exact) mass is 300 g/mol. The molecule has 1 unspecified atom stereocenters. The number of halogens is 4. The summed E-state index contributed by atoms with van der Waals surface area (Å²) in [5, 5.41) is 10.3. The fourth-order valence-electron chi connectivity index (χ4n) is 2.06. The van der Waals surface area contributed by atoms with Crippen LogP contribution in [0, 0.1) is 17.5 Å². The van der Waals surface area contributed by atoms with E-state index in [1.807, 2.05) is 0 Å². The third kappa shape index (κ3) is 2.97. The second kappa shape index (κ2) is 5.46. The normalized spacial score (nSPS) is 14.1. The highest BCUT2D eigenvalue weighted by Gasteiger charge is 2.28. The third-order valence-electron chi connectivity index (χ3n) is 3.06. The van der Waals surface area contributed by atoms with E-state index >= 15 is 0 Å². The smallest absolute Gasteiger partial charge is 0.164 e. The molecule has 1 nitrogen and oxygen atoms in total. The Balaban J connectivity index is 2.35. The van der Waals surface area contributed by atoms with Gasteiger partial charge in [-0.3, -0.25) is 0 Å². The van der Waals surface area contributed by atoms with Crippen molar-refractivity contribution in [3.05, 3.63) is 70.0 Å². The average molecular weight is 301 g/mol. The lowest BCUT2D eigenvalue weighted by Crippen LogP contribution is -2.26. The van der Waals surface area contributed by atoms with Crippen LogP contribution >= 0.6 is 11.6 Å². The van der Waals surface area contributed by atoms with Gasteiger partial charge in [-0.05, 0) is 30.7 Å². The predicted octanol–water partition coefficient (Wildman–Crippen LogP) is 4.21. The quantitative estimate of drug-likeness (QED) is 0.900. The van der Waals surface area contributed by atoms with Gasteiger partial charge < -0.3 is 5.11 Å². The average Bonchev–Trinajstić information content (AvgIpc) is 2.36. The molecule has 0 aromatic heterocycles. The van der Waals surface area contributed by atoms with Crippen LogP contribution < -0.4 is 0 Å². The zero-order valence-electron chi connectivity index (χ0n) is 10.6. The molecule has 2 aromatic carbocycles. The van der Waals surface area contributed by atoms with E-state index in [1.165, 1.54) is 31.2 Å². The molecule has 106 valence electrons. The number of rotatable bonds is 3. The molecular formula is C15H12ClF3O. The topological polar surface area (TPSA) is 20.2 Å². The Morgan fingerprint density at radius 1 is 1.10 bits per heavy atom. The van der Waals surface area contributed by atoms with Crippen LogP contribution in [0.3, 0.4) is 0 Å². The summed E-state index contributed by atoms with van der Waals surface area (Å²) in [5.41, 5.74) is -1.40. The van der Waals surface area contributed by atoms with Gasteiger partial charge >= 0.3 is 0 Å². The summed E-state index contributed by atoms with van der Waals surface area (Å²) in [6, 6.07) is 7.61. The van der Waals surface area contributed by atoms with Crippen LogP contribution in [-0.2, 0) is 12.0 Å². The Kier molecular flexibility index (Phi) is 4.06. The zero-order valence-corrected chi connectivity index (χ0v) is 11.4. The molecule has 0 saturated heterocycles. The highest BCUT2D eigenvalue weighted by Crippen LogP contribution is 2.29. The van der Waals surface area contributed by atoms with Crippen LogP contribution in [0.2, 0.25) is 5.02 Å².